The minimum Gasteiger partial charge on any atom is -0.429 e. The summed E-state index contributed by atoms with van der Waals surface area (Å²) >= 11 is 0. The standard InChI is InChI=1S/C31H17F10NO/c1-2-3-4-17-6-10-28(42-16-17)19-7-9-22(25(34)13-19)31(40,41)43-20-14-23(32)21(24(33)15-20)8-5-18-11-26(35)29(27(36)12-18)30(37,38)39/h2,6-7,9-16H,1,3-4H2. The van der Waals surface area contributed by atoms with Crippen LogP contribution >= 0.6 is 0 Å². The van der Waals surface area contributed by atoms with Crippen LogP contribution in [0.25, 0.3) is 11.3 Å². The van der Waals surface area contributed by atoms with Crippen molar-refractivity contribution in [2.75, 3.05) is 0 Å². The Morgan fingerprint density at radius 3 is 1.95 bits per heavy atom. The van der Waals surface area contributed by atoms with Crippen molar-refractivity contribution in [3.05, 3.63) is 130 Å². The Labute approximate surface area is 238 Å². The number of hydrogen-bond acceptors (Lipinski definition) is 2. The second kappa shape index (κ2) is 12.2. The molecule has 4 rings (SSSR count). The van der Waals surface area contributed by atoms with Crippen LogP contribution in [0.15, 0.2) is 73.4 Å². The lowest BCUT2D eigenvalue weighted by atomic mass is 10.1. The van der Waals surface area contributed by atoms with Gasteiger partial charge in [0.15, 0.2) is 0 Å². The highest BCUT2D eigenvalue weighted by Gasteiger charge is 2.39. The van der Waals surface area contributed by atoms with Crippen LogP contribution < -0.4 is 4.74 Å². The zero-order valence-corrected chi connectivity index (χ0v) is 21.6. The third-order valence-corrected chi connectivity index (χ3v) is 5.96. The number of ether oxygens (including phenoxy) is 1. The summed E-state index contributed by atoms with van der Waals surface area (Å²) in [6, 6.07) is 7.04. The van der Waals surface area contributed by atoms with Crippen molar-refractivity contribution in [3.8, 4) is 28.8 Å². The van der Waals surface area contributed by atoms with Crippen molar-refractivity contribution in [1.82, 2.24) is 4.98 Å². The summed E-state index contributed by atoms with van der Waals surface area (Å²) in [6.07, 6.45) is -5.05. The highest BCUT2D eigenvalue weighted by Crippen LogP contribution is 2.36. The third-order valence-electron chi connectivity index (χ3n) is 5.96. The normalized spacial score (nSPS) is 11.6. The molecule has 222 valence electrons. The van der Waals surface area contributed by atoms with Crippen LogP contribution in [0.4, 0.5) is 43.9 Å². The van der Waals surface area contributed by atoms with Crippen LogP contribution in [0, 0.1) is 40.9 Å². The number of halogens is 10. The highest BCUT2D eigenvalue weighted by molar-refractivity contribution is 5.60. The largest absolute Gasteiger partial charge is 0.429 e. The van der Waals surface area contributed by atoms with Crippen LogP contribution in [0.1, 0.15) is 34.2 Å². The van der Waals surface area contributed by atoms with Gasteiger partial charge in [-0.1, -0.05) is 30.0 Å². The molecule has 0 atom stereocenters. The van der Waals surface area contributed by atoms with E-state index >= 15 is 0 Å². The number of nitrogens with zero attached hydrogens (tertiary/aromatic N) is 1. The number of alkyl halides is 5. The molecular formula is C31H17F10NO. The van der Waals surface area contributed by atoms with Crippen molar-refractivity contribution in [1.29, 1.82) is 0 Å². The number of allylic oxidation sites excluding steroid dienone is 1. The molecule has 0 N–H and O–H groups in total. The van der Waals surface area contributed by atoms with E-state index in [4.69, 9.17) is 0 Å². The molecule has 1 aromatic heterocycles. The first-order valence-corrected chi connectivity index (χ1v) is 12.2. The van der Waals surface area contributed by atoms with Gasteiger partial charge in [0.1, 0.15) is 40.4 Å². The van der Waals surface area contributed by atoms with Gasteiger partial charge >= 0.3 is 12.3 Å². The van der Waals surface area contributed by atoms with Crippen LogP contribution in [0.3, 0.4) is 0 Å². The van der Waals surface area contributed by atoms with E-state index in [0.717, 1.165) is 23.8 Å². The Morgan fingerprint density at radius 1 is 0.767 bits per heavy atom. The molecule has 0 saturated heterocycles. The first-order chi connectivity index (χ1) is 20.2. The molecule has 0 aliphatic heterocycles. The number of rotatable bonds is 7. The fraction of sp³-hybridized carbons (Fsp3) is 0.129. The van der Waals surface area contributed by atoms with Gasteiger partial charge in [0.05, 0.1) is 16.8 Å². The summed E-state index contributed by atoms with van der Waals surface area (Å²) in [4.78, 5) is 4.19. The summed E-state index contributed by atoms with van der Waals surface area (Å²) in [6.45, 7) is 3.62. The first kappa shape index (κ1) is 31.2. The van der Waals surface area contributed by atoms with E-state index in [1.54, 1.807) is 24.4 Å². The molecule has 0 unspecified atom stereocenters. The van der Waals surface area contributed by atoms with Gasteiger partial charge in [-0.05, 0) is 48.7 Å². The van der Waals surface area contributed by atoms with Crippen LogP contribution in [-0.2, 0) is 18.7 Å². The summed E-state index contributed by atoms with van der Waals surface area (Å²) < 4.78 is 143. The zero-order valence-electron chi connectivity index (χ0n) is 21.6. The molecule has 12 heteroatoms. The lowest BCUT2D eigenvalue weighted by molar-refractivity contribution is -0.187. The van der Waals surface area contributed by atoms with Crippen molar-refractivity contribution < 1.29 is 48.6 Å². The summed E-state index contributed by atoms with van der Waals surface area (Å²) in [5.74, 6) is -5.80. The van der Waals surface area contributed by atoms with Crippen molar-refractivity contribution in [2.24, 2.45) is 0 Å². The molecule has 0 amide bonds. The predicted octanol–water partition coefficient (Wildman–Crippen LogP) is 9.11. The van der Waals surface area contributed by atoms with E-state index in [9.17, 15) is 43.9 Å². The third kappa shape index (κ3) is 7.17. The molecular weight excluding hydrogens is 592 g/mol. The Hall–Kier alpha value is -4.79. The second-order valence-electron chi connectivity index (χ2n) is 9.02. The van der Waals surface area contributed by atoms with Crippen LogP contribution in [0.2, 0.25) is 0 Å². The van der Waals surface area contributed by atoms with Crippen molar-refractivity contribution in [2.45, 2.75) is 25.1 Å². The molecule has 1 heterocycles. The Bertz CT molecular complexity index is 1690. The Balaban J connectivity index is 1.55. The van der Waals surface area contributed by atoms with Gasteiger partial charge in [-0.25, -0.2) is 22.0 Å². The van der Waals surface area contributed by atoms with Crippen LogP contribution in [0.5, 0.6) is 5.75 Å². The molecule has 0 saturated carbocycles. The molecule has 0 fully saturated rings. The number of aromatic nitrogens is 1. The maximum atomic E-state index is 14.8. The topological polar surface area (TPSA) is 22.1 Å². The monoisotopic (exact) mass is 609 g/mol. The van der Waals surface area contributed by atoms with Gasteiger partial charge < -0.3 is 4.74 Å². The van der Waals surface area contributed by atoms with Gasteiger partial charge in [-0.15, -0.1) is 6.58 Å². The van der Waals surface area contributed by atoms with Gasteiger partial charge in [-0.3, -0.25) is 4.98 Å². The lowest BCUT2D eigenvalue weighted by Crippen LogP contribution is -2.23. The minimum atomic E-state index is -5.34. The first-order valence-electron chi connectivity index (χ1n) is 12.2. The summed E-state index contributed by atoms with van der Waals surface area (Å²) in [7, 11) is 0. The summed E-state index contributed by atoms with van der Waals surface area (Å²) in [5, 5.41) is 0. The minimum absolute atomic E-state index is 0.181. The van der Waals surface area contributed by atoms with Crippen LogP contribution in [-0.4, -0.2) is 4.98 Å². The fourth-order valence-corrected chi connectivity index (χ4v) is 3.90. The average Bonchev–Trinajstić information content (AvgIpc) is 2.90. The van der Waals surface area contributed by atoms with E-state index in [0.29, 0.717) is 30.7 Å². The lowest BCUT2D eigenvalue weighted by Gasteiger charge is -2.19. The van der Waals surface area contributed by atoms with E-state index in [2.05, 4.69) is 16.3 Å². The molecule has 4 aromatic rings. The highest BCUT2D eigenvalue weighted by atomic mass is 19.4. The molecule has 2 nitrogen and oxygen atoms in total. The molecule has 0 bridgehead atoms. The number of benzene rings is 3. The van der Waals surface area contributed by atoms with E-state index in [1.807, 2.05) is 11.8 Å². The van der Waals surface area contributed by atoms with Crippen molar-refractivity contribution in [3.63, 3.8) is 0 Å². The summed E-state index contributed by atoms with van der Waals surface area (Å²) in [5.41, 5.74) is -3.79. The number of pyridine rings is 1. The van der Waals surface area contributed by atoms with Gasteiger partial charge in [0.2, 0.25) is 0 Å². The maximum absolute atomic E-state index is 14.8. The molecule has 43 heavy (non-hydrogen) atoms. The second-order valence-corrected chi connectivity index (χ2v) is 9.02. The average molecular weight is 609 g/mol. The number of aryl methyl sites for hydroxylation is 1. The van der Waals surface area contributed by atoms with Gasteiger partial charge in [0.25, 0.3) is 0 Å². The zero-order chi connectivity index (χ0) is 31.5. The molecule has 0 aliphatic carbocycles. The Kier molecular flexibility index (Phi) is 8.85. The SMILES string of the molecule is C=CCCc1ccc(-c2ccc(C(F)(F)Oc3cc(F)c(C#Cc4cc(F)c(C(F)(F)F)c(F)c4)c(F)c3)c(F)c2)nc1. The maximum Gasteiger partial charge on any atom is 0.429 e. The van der Waals surface area contributed by atoms with Crippen molar-refractivity contribution >= 4 is 0 Å². The smallest absolute Gasteiger partial charge is 0.429 e. The molecule has 0 radical (unpaired) electrons. The predicted molar refractivity (Wildman–Crippen MR) is 136 cm³/mol. The van der Waals surface area contributed by atoms with Gasteiger partial charge in [0, 0.05) is 29.5 Å². The molecule has 0 aliphatic rings. The van der Waals surface area contributed by atoms with E-state index < -0.39 is 69.4 Å². The molecule has 3 aromatic carbocycles. The Morgan fingerprint density at radius 2 is 1.42 bits per heavy atom. The van der Waals surface area contributed by atoms with E-state index in [-0.39, 0.29) is 17.7 Å². The number of hydrogen-bond donors (Lipinski definition) is 0. The quantitative estimate of drug-likeness (QED) is 0.119. The molecule has 0 spiro atoms. The fourth-order valence-electron chi connectivity index (χ4n) is 3.90. The van der Waals surface area contributed by atoms with E-state index in [1.165, 1.54) is 0 Å². The van der Waals surface area contributed by atoms with Gasteiger partial charge in [-0.2, -0.15) is 22.0 Å².